The molecule has 0 saturated heterocycles. The topological polar surface area (TPSA) is 111 Å². The summed E-state index contributed by atoms with van der Waals surface area (Å²) < 4.78 is 5.35. The number of nitro benzene ring substituents is 1. The van der Waals surface area contributed by atoms with E-state index < -0.39 is 17.4 Å². The molecule has 2 amide bonds. The number of halogens is 1. The van der Waals surface area contributed by atoms with Gasteiger partial charge in [-0.3, -0.25) is 19.7 Å². The van der Waals surface area contributed by atoms with Crippen LogP contribution in [0.5, 0.6) is 5.75 Å². The maximum absolute atomic E-state index is 12.7. The molecule has 0 bridgehead atoms. The maximum atomic E-state index is 12.7. The molecule has 0 aliphatic rings. The van der Waals surface area contributed by atoms with Gasteiger partial charge < -0.3 is 15.4 Å². The van der Waals surface area contributed by atoms with Gasteiger partial charge >= 0.3 is 0 Å². The maximum Gasteiger partial charge on any atom is 0.271 e. The molecular weight excluding hydrogens is 422 g/mol. The third-order valence-corrected chi connectivity index (χ3v) is 4.50. The highest BCUT2D eigenvalue weighted by Crippen LogP contribution is 2.28. The number of carbonyl (C=O) groups is 2. The number of benzene rings is 3. The van der Waals surface area contributed by atoms with E-state index in [0.717, 1.165) is 11.6 Å². The predicted octanol–water partition coefficient (Wildman–Crippen LogP) is 4.83. The molecule has 3 rings (SSSR count). The Balaban J connectivity index is 1.65. The first-order chi connectivity index (χ1) is 14.8. The summed E-state index contributed by atoms with van der Waals surface area (Å²) in [5, 5.41) is 16.2. The van der Waals surface area contributed by atoms with E-state index in [0.29, 0.717) is 11.4 Å². The fourth-order valence-electron chi connectivity index (χ4n) is 2.76. The molecule has 9 heteroatoms. The third kappa shape index (κ3) is 5.80. The van der Waals surface area contributed by atoms with Crippen molar-refractivity contribution in [3.8, 4) is 5.75 Å². The van der Waals surface area contributed by atoms with Crippen LogP contribution in [-0.2, 0) is 4.79 Å². The first-order valence-electron chi connectivity index (χ1n) is 9.17. The van der Waals surface area contributed by atoms with E-state index in [2.05, 4.69) is 10.6 Å². The highest BCUT2D eigenvalue weighted by atomic mass is 35.5. The first kappa shape index (κ1) is 21.8. The van der Waals surface area contributed by atoms with Crippen molar-refractivity contribution in [2.75, 3.05) is 17.2 Å². The standard InChI is InChI=1S/C22H18ClN3O5/c1-14-5-4-6-15(11-14)24-22(28)17-7-2-3-8-19(17)25-21(27)13-31-20-10-9-16(26(29)30)12-18(20)23/h2-12H,13H2,1H3,(H,24,28)(H,25,27). The number of nitro groups is 1. The molecule has 0 saturated carbocycles. The van der Waals surface area contributed by atoms with Gasteiger partial charge in [0.15, 0.2) is 6.61 Å². The van der Waals surface area contributed by atoms with Gasteiger partial charge in [0.25, 0.3) is 17.5 Å². The zero-order chi connectivity index (χ0) is 22.4. The molecular formula is C22H18ClN3O5. The van der Waals surface area contributed by atoms with Gasteiger partial charge in [-0.15, -0.1) is 0 Å². The van der Waals surface area contributed by atoms with Crippen molar-refractivity contribution in [1.82, 2.24) is 0 Å². The fraction of sp³-hybridized carbons (Fsp3) is 0.0909. The summed E-state index contributed by atoms with van der Waals surface area (Å²) in [6.07, 6.45) is 0. The lowest BCUT2D eigenvalue weighted by Gasteiger charge is -2.12. The molecule has 0 heterocycles. The van der Waals surface area contributed by atoms with Gasteiger partial charge in [0, 0.05) is 17.8 Å². The summed E-state index contributed by atoms with van der Waals surface area (Å²) in [5.74, 6) is -0.765. The number of nitrogens with one attached hydrogen (secondary N) is 2. The Labute approximate surface area is 182 Å². The molecule has 8 nitrogen and oxygen atoms in total. The zero-order valence-electron chi connectivity index (χ0n) is 16.4. The minimum atomic E-state index is -0.582. The highest BCUT2D eigenvalue weighted by molar-refractivity contribution is 6.32. The van der Waals surface area contributed by atoms with Gasteiger partial charge in [0.2, 0.25) is 0 Å². The molecule has 2 N–H and O–H groups in total. The lowest BCUT2D eigenvalue weighted by Crippen LogP contribution is -2.23. The second-order valence-corrected chi connectivity index (χ2v) is 6.99. The molecule has 0 spiro atoms. The summed E-state index contributed by atoms with van der Waals surface area (Å²) in [6, 6.07) is 17.6. The fourth-order valence-corrected chi connectivity index (χ4v) is 2.99. The number of anilines is 2. The van der Waals surface area contributed by atoms with Gasteiger partial charge in [-0.1, -0.05) is 35.9 Å². The summed E-state index contributed by atoms with van der Waals surface area (Å²) >= 11 is 5.96. The smallest absolute Gasteiger partial charge is 0.271 e. The van der Waals surface area contributed by atoms with E-state index in [-0.39, 0.29) is 27.9 Å². The van der Waals surface area contributed by atoms with Crippen molar-refractivity contribution in [3.05, 3.63) is 93.0 Å². The number of ether oxygens (including phenoxy) is 1. The Bertz CT molecular complexity index is 1150. The van der Waals surface area contributed by atoms with E-state index in [1.54, 1.807) is 30.3 Å². The lowest BCUT2D eigenvalue weighted by atomic mass is 10.1. The van der Waals surface area contributed by atoms with Crippen molar-refractivity contribution in [1.29, 1.82) is 0 Å². The quantitative estimate of drug-likeness (QED) is 0.404. The number of hydrogen-bond donors (Lipinski definition) is 2. The summed E-state index contributed by atoms with van der Waals surface area (Å²) in [5.41, 5.74) is 2.06. The van der Waals surface area contributed by atoms with Crippen LogP contribution in [-0.4, -0.2) is 23.3 Å². The van der Waals surface area contributed by atoms with Crippen LogP contribution >= 0.6 is 11.6 Å². The first-order valence-corrected chi connectivity index (χ1v) is 9.55. The van der Waals surface area contributed by atoms with Crippen molar-refractivity contribution < 1.29 is 19.2 Å². The van der Waals surface area contributed by atoms with Crippen LogP contribution in [0, 0.1) is 17.0 Å². The van der Waals surface area contributed by atoms with E-state index in [4.69, 9.17) is 16.3 Å². The minimum Gasteiger partial charge on any atom is -0.482 e. The average Bonchev–Trinajstić information content (AvgIpc) is 2.73. The van der Waals surface area contributed by atoms with Crippen molar-refractivity contribution in [2.24, 2.45) is 0 Å². The number of carbonyl (C=O) groups excluding carboxylic acids is 2. The van der Waals surface area contributed by atoms with Gasteiger partial charge in [-0.25, -0.2) is 0 Å². The molecule has 0 fully saturated rings. The zero-order valence-corrected chi connectivity index (χ0v) is 17.2. The molecule has 0 aliphatic carbocycles. The number of nitrogens with zero attached hydrogens (tertiary/aromatic N) is 1. The van der Waals surface area contributed by atoms with Crippen LogP contribution in [0.1, 0.15) is 15.9 Å². The number of para-hydroxylation sites is 1. The van der Waals surface area contributed by atoms with Gasteiger partial charge in [-0.05, 0) is 42.8 Å². The Morgan fingerprint density at radius 3 is 2.52 bits per heavy atom. The molecule has 3 aromatic rings. The molecule has 0 aromatic heterocycles. The number of amides is 2. The number of non-ortho nitro benzene ring substituents is 1. The number of hydrogen-bond acceptors (Lipinski definition) is 5. The average molecular weight is 440 g/mol. The highest BCUT2D eigenvalue weighted by Gasteiger charge is 2.15. The second kappa shape index (κ2) is 9.73. The summed E-state index contributed by atoms with van der Waals surface area (Å²) in [7, 11) is 0. The Hall–Kier alpha value is -3.91. The van der Waals surface area contributed by atoms with E-state index in [1.807, 2.05) is 25.1 Å². The molecule has 158 valence electrons. The van der Waals surface area contributed by atoms with Gasteiger partial charge in [0.05, 0.1) is 21.2 Å². The van der Waals surface area contributed by atoms with Gasteiger partial charge in [0.1, 0.15) is 5.75 Å². The van der Waals surface area contributed by atoms with Crippen LogP contribution in [0.2, 0.25) is 5.02 Å². The second-order valence-electron chi connectivity index (χ2n) is 6.58. The molecule has 0 aliphatic heterocycles. The van der Waals surface area contributed by atoms with Crippen LogP contribution in [0.3, 0.4) is 0 Å². The Morgan fingerprint density at radius 2 is 1.81 bits per heavy atom. The summed E-state index contributed by atoms with van der Waals surface area (Å²) in [4.78, 5) is 35.2. The Kier molecular flexibility index (Phi) is 6.84. The number of aryl methyl sites for hydroxylation is 1. The summed E-state index contributed by atoms with van der Waals surface area (Å²) in [6.45, 7) is 1.52. The number of rotatable bonds is 7. The molecule has 0 unspecified atom stereocenters. The van der Waals surface area contributed by atoms with E-state index >= 15 is 0 Å². The van der Waals surface area contributed by atoms with Crippen molar-refractivity contribution >= 4 is 40.5 Å². The third-order valence-electron chi connectivity index (χ3n) is 4.21. The monoisotopic (exact) mass is 439 g/mol. The van der Waals surface area contributed by atoms with Crippen molar-refractivity contribution in [2.45, 2.75) is 6.92 Å². The van der Waals surface area contributed by atoms with Crippen LogP contribution in [0.4, 0.5) is 17.1 Å². The molecule has 31 heavy (non-hydrogen) atoms. The Morgan fingerprint density at radius 1 is 1.03 bits per heavy atom. The molecule has 0 atom stereocenters. The lowest BCUT2D eigenvalue weighted by molar-refractivity contribution is -0.384. The van der Waals surface area contributed by atoms with E-state index in [1.165, 1.54) is 12.1 Å². The SMILES string of the molecule is Cc1cccc(NC(=O)c2ccccc2NC(=O)COc2ccc([N+](=O)[O-])cc2Cl)c1. The van der Waals surface area contributed by atoms with E-state index in [9.17, 15) is 19.7 Å². The van der Waals surface area contributed by atoms with Crippen molar-refractivity contribution in [3.63, 3.8) is 0 Å². The molecule has 3 aromatic carbocycles. The van der Waals surface area contributed by atoms with Gasteiger partial charge in [-0.2, -0.15) is 0 Å². The van der Waals surface area contributed by atoms with Crippen LogP contribution in [0.15, 0.2) is 66.7 Å². The van der Waals surface area contributed by atoms with Crippen LogP contribution in [0.25, 0.3) is 0 Å². The largest absolute Gasteiger partial charge is 0.482 e. The molecule has 0 radical (unpaired) electrons. The minimum absolute atomic E-state index is 0.0138. The van der Waals surface area contributed by atoms with Crippen LogP contribution < -0.4 is 15.4 Å². The normalized spacial score (nSPS) is 10.3. The predicted molar refractivity (Wildman–Crippen MR) is 118 cm³/mol.